The Balaban J connectivity index is 2.31. The summed E-state index contributed by atoms with van der Waals surface area (Å²) in [5.41, 5.74) is 5.53. The first kappa shape index (κ1) is 10.5. The van der Waals surface area contributed by atoms with Gasteiger partial charge in [0.25, 0.3) is 0 Å². The van der Waals surface area contributed by atoms with E-state index in [1.165, 1.54) is 0 Å². The quantitative estimate of drug-likeness (QED) is 0.622. The lowest BCUT2D eigenvalue weighted by atomic mass is 10.1. The molecule has 76 valence electrons. The van der Waals surface area contributed by atoms with Crippen LogP contribution < -0.4 is 5.73 Å². The van der Waals surface area contributed by atoms with Crippen molar-refractivity contribution in [2.75, 3.05) is 13.1 Å². The molecule has 0 aromatic rings. The topological polar surface area (TPSA) is 66.6 Å². The number of amides is 1. The molecule has 1 heterocycles. The van der Waals surface area contributed by atoms with E-state index in [0.717, 1.165) is 0 Å². The van der Waals surface area contributed by atoms with Gasteiger partial charge in [-0.15, -0.1) is 0 Å². The largest absolute Gasteiger partial charge is 0.393 e. The molecule has 4 heteroatoms. The molecule has 1 aliphatic heterocycles. The molecule has 0 bridgehead atoms. The number of nitrogens with two attached hydrogens (primary N) is 1. The Morgan fingerprint density at radius 1 is 1.62 bits per heavy atom. The molecular weight excluding hydrogens is 168 g/mol. The van der Waals surface area contributed by atoms with E-state index in [0.29, 0.717) is 32.4 Å². The molecule has 0 radical (unpaired) electrons. The van der Waals surface area contributed by atoms with Gasteiger partial charge in [0.2, 0.25) is 5.91 Å². The van der Waals surface area contributed by atoms with Crippen molar-refractivity contribution in [1.82, 2.24) is 4.90 Å². The Kier molecular flexibility index (Phi) is 3.69. The van der Waals surface area contributed by atoms with Gasteiger partial charge in [-0.05, 0) is 19.8 Å². The molecule has 1 atom stereocenters. The predicted octanol–water partition coefficient (Wildman–Crippen LogP) is -0.293. The standard InChI is InChI=1S/C9H18N2O2/c1-7(10)6-9(13)11-4-2-8(12)3-5-11/h7-8,12H,2-6,10H2,1H3. The van der Waals surface area contributed by atoms with Crippen LogP contribution in [0, 0.1) is 0 Å². The van der Waals surface area contributed by atoms with E-state index in [1.54, 1.807) is 4.90 Å². The molecule has 1 aliphatic rings. The number of carbonyl (C=O) groups is 1. The average Bonchev–Trinajstić information content (AvgIpc) is 2.04. The summed E-state index contributed by atoms with van der Waals surface area (Å²) >= 11 is 0. The van der Waals surface area contributed by atoms with Crippen molar-refractivity contribution >= 4 is 5.91 Å². The summed E-state index contributed by atoms with van der Waals surface area (Å²) < 4.78 is 0. The number of piperidine rings is 1. The van der Waals surface area contributed by atoms with Crippen LogP contribution in [-0.4, -0.2) is 41.1 Å². The van der Waals surface area contributed by atoms with Gasteiger partial charge in [0.05, 0.1) is 6.10 Å². The molecule has 0 saturated carbocycles. The van der Waals surface area contributed by atoms with E-state index >= 15 is 0 Å². The van der Waals surface area contributed by atoms with Crippen LogP contribution in [0.1, 0.15) is 26.2 Å². The monoisotopic (exact) mass is 186 g/mol. The number of hydrogen-bond acceptors (Lipinski definition) is 3. The van der Waals surface area contributed by atoms with E-state index in [2.05, 4.69) is 0 Å². The van der Waals surface area contributed by atoms with Crippen molar-refractivity contribution in [3.05, 3.63) is 0 Å². The molecule has 0 aromatic carbocycles. The Morgan fingerprint density at radius 2 is 2.15 bits per heavy atom. The van der Waals surface area contributed by atoms with Crippen LogP contribution in [0.2, 0.25) is 0 Å². The molecule has 0 spiro atoms. The normalized spacial score (nSPS) is 21.6. The number of aliphatic hydroxyl groups is 1. The highest BCUT2D eigenvalue weighted by atomic mass is 16.3. The molecule has 13 heavy (non-hydrogen) atoms. The maximum Gasteiger partial charge on any atom is 0.224 e. The maximum absolute atomic E-state index is 11.5. The summed E-state index contributed by atoms with van der Waals surface area (Å²) in [7, 11) is 0. The fraction of sp³-hybridized carbons (Fsp3) is 0.889. The van der Waals surface area contributed by atoms with Gasteiger partial charge < -0.3 is 15.7 Å². The zero-order valence-electron chi connectivity index (χ0n) is 8.07. The molecule has 1 saturated heterocycles. The number of carbonyl (C=O) groups excluding carboxylic acids is 1. The van der Waals surface area contributed by atoms with Crippen molar-refractivity contribution in [1.29, 1.82) is 0 Å². The third-order valence-electron chi connectivity index (χ3n) is 2.31. The summed E-state index contributed by atoms with van der Waals surface area (Å²) in [6, 6.07) is -0.0700. The molecule has 1 rings (SSSR count). The van der Waals surface area contributed by atoms with Crippen molar-refractivity contribution in [3.8, 4) is 0 Å². The van der Waals surface area contributed by atoms with E-state index in [-0.39, 0.29) is 18.1 Å². The maximum atomic E-state index is 11.5. The number of hydrogen-bond donors (Lipinski definition) is 2. The van der Waals surface area contributed by atoms with Crippen LogP contribution in [0.25, 0.3) is 0 Å². The smallest absolute Gasteiger partial charge is 0.224 e. The summed E-state index contributed by atoms with van der Waals surface area (Å²) in [6.07, 6.45) is 1.59. The van der Waals surface area contributed by atoms with Gasteiger partial charge in [0.15, 0.2) is 0 Å². The average molecular weight is 186 g/mol. The zero-order valence-corrected chi connectivity index (χ0v) is 8.07. The molecule has 1 unspecified atom stereocenters. The predicted molar refractivity (Wildman–Crippen MR) is 50.1 cm³/mol. The second-order valence-electron chi connectivity index (χ2n) is 3.79. The van der Waals surface area contributed by atoms with Crippen molar-refractivity contribution < 1.29 is 9.90 Å². The van der Waals surface area contributed by atoms with Crippen molar-refractivity contribution in [2.24, 2.45) is 5.73 Å². The number of aliphatic hydroxyl groups excluding tert-OH is 1. The van der Waals surface area contributed by atoms with Gasteiger partial charge in [-0.1, -0.05) is 0 Å². The fourth-order valence-corrected chi connectivity index (χ4v) is 1.52. The first-order valence-electron chi connectivity index (χ1n) is 4.81. The lowest BCUT2D eigenvalue weighted by Gasteiger charge is -2.30. The third kappa shape index (κ3) is 3.32. The number of nitrogens with zero attached hydrogens (tertiary/aromatic N) is 1. The van der Waals surface area contributed by atoms with E-state index in [4.69, 9.17) is 5.73 Å². The van der Waals surface area contributed by atoms with Crippen LogP contribution in [-0.2, 0) is 4.79 Å². The first-order chi connectivity index (χ1) is 6.09. The summed E-state index contributed by atoms with van der Waals surface area (Å²) in [4.78, 5) is 13.3. The highest BCUT2D eigenvalue weighted by Gasteiger charge is 2.21. The lowest BCUT2D eigenvalue weighted by molar-refractivity contribution is -0.133. The van der Waals surface area contributed by atoms with Crippen molar-refractivity contribution in [2.45, 2.75) is 38.3 Å². The number of likely N-dealkylation sites (tertiary alicyclic amines) is 1. The number of rotatable bonds is 2. The van der Waals surface area contributed by atoms with E-state index in [9.17, 15) is 9.90 Å². The minimum Gasteiger partial charge on any atom is -0.393 e. The molecule has 1 fully saturated rings. The second-order valence-corrected chi connectivity index (χ2v) is 3.79. The van der Waals surface area contributed by atoms with Gasteiger partial charge in [-0.3, -0.25) is 4.79 Å². The van der Waals surface area contributed by atoms with Crippen LogP contribution >= 0.6 is 0 Å². The minimum atomic E-state index is -0.223. The minimum absolute atomic E-state index is 0.0700. The van der Waals surface area contributed by atoms with Gasteiger partial charge in [-0.2, -0.15) is 0 Å². The molecule has 0 aliphatic carbocycles. The highest BCUT2D eigenvalue weighted by Crippen LogP contribution is 2.11. The summed E-state index contributed by atoms with van der Waals surface area (Å²) in [6.45, 7) is 3.18. The first-order valence-corrected chi connectivity index (χ1v) is 4.81. The summed E-state index contributed by atoms with van der Waals surface area (Å²) in [5, 5.41) is 9.23. The third-order valence-corrected chi connectivity index (χ3v) is 2.31. The van der Waals surface area contributed by atoms with Crippen LogP contribution in [0.15, 0.2) is 0 Å². The molecule has 4 nitrogen and oxygen atoms in total. The lowest BCUT2D eigenvalue weighted by Crippen LogP contribution is -2.41. The Bertz CT molecular complexity index is 174. The second kappa shape index (κ2) is 4.58. The van der Waals surface area contributed by atoms with Crippen LogP contribution in [0.3, 0.4) is 0 Å². The molecule has 1 amide bonds. The molecular formula is C9H18N2O2. The zero-order chi connectivity index (χ0) is 9.84. The van der Waals surface area contributed by atoms with Gasteiger partial charge in [0.1, 0.15) is 0 Å². The SMILES string of the molecule is CC(N)CC(=O)N1CCC(O)CC1. The van der Waals surface area contributed by atoms with Gasteiger partial charge >= 0.3 is 0 Å². The van der Waals surface area contributed by atoms with Crippen molar-refractivity contribution in [3.63, 3.8) is 0 Å². The Labute approximate surface area is 78.7 Å². The molecule has 3 N–H and O–H groups in total. The van der Waals surface area contributed by atoms with Crippen LogP contribution in [0.5, 0.6) is 0 Å². The fourth-order valence-electron chi connectivity index (χ4n) is 1.52. The van der Waals surface area contributed by atoms with Gasteiger partial charge in [-0.25, -0.2) is 0 Å². The highest BCUT2D eigenvalue weighted by molar-refractivity contribution is 5.76. The van der Waals surface area contributed by atoms with E-state index < -0.39 is 0 Å². The van der Waals surface area contributed by atoms with Gasteiger partial charge in [0, 0.05) is 25.6 Å². The van der Waals surface area contributed by atoms with Crippen LogP contribution in [0.4, 0.5) is 0 Å². The Hall–Kier alpha value is -0.610. The summed E-state index contributed by atoms with van der Waals surface area (Å²) in [5.74, 6) is 0.113. The Morgan fingerprint density at radius 3 is 2.62 bits per heavy atom. The van der Waals surface area contributed by atoms with E-state index in [1.807, 2.05) is 6.92 Å². The molecule has 0 aromatic heterocycles.